The van der Waals surface area contributed by atoms with Gasteiger partial charge in [0.1, 0.15) is 12.4 Å². The summed E-state index contributed by atoms with van der Waals surface area (Å²) in [6.07, 6.45) is 7.64. The highest BCUT2D eigenvalue weighted by Crippen LogP contribution is 2.26. The lowest BCUT2D eigenvalue weighted by Gasteiger charge is -2.15. The van der Waals surface area contributed by atoms with Gasteiger partial charge in [0.2, 0.25) is 4.96 Å². The maximum Gasteiger partial charge on any atom is 0.291 e. The van der Waals surface area contributed by atoms with Gasteiger partial charge in [-0.3, -0.25) is 4.79 Å². The third-order valence-corrected chi connectivity index (χ3v) is 5.35. The molecular weight excluding hydrogens is 370 g/mol. The first kappa shape index (κ1) is 16.6. The predicted molar refractivity (Wildman–Crippen MR) is 112 cm³/mol. The van der Waals surface area contributed by atoms with Gasteiger partial charge in [-0.15, -0.1) is 5.10 Å². The topological polar surface area (TPSA) is 56.5 Å². The number of rotatable bonds is 3. The van der Waals surface area contributed by atoms with Crippen LogP contribution < -0.4 is 14.8 Å². The zero-order chi connectivity index (χ0) is 18.9. The molecule has 3 heterocycles. The van der Waals surface area contributed by atoms with Crippen LogP contribution in [0, 0.1) is 0 Å². The molecule has 0 radical (unpaired) electrons. The number of aromatic nitrogens is 3. The lowest BCUT2D eigenvalue weighted by atomic mass is 10.1. The summed E-state index contributed by atoms with van der Waals surface area (Å²) >= 11 is 1.33. The molecule has 0 amide bonds. The third-order valence-electron chi connectivity index (χ3n) is 4.39. The van der Waals surface area contributed by atoms with Crippen molar-refractivity contribution in [2.45, 2.75) is 0 Å². The van der Waals surface area contributed by atoms with Gasteiger partial charge in [0.15, 0.2) is 5.82 Å². The van der Waals surface area contributed by atoms with Crippen LogP contribution in [0.25, 0.3) is 29.3 Å². The average molecular weight is 385 g/mol. The van der Waals surface area contributed by atoms with E-state index in [1.807, 2.05) is 78.9 Å². The van der Waals surface area contributed by atoms with E-state index in [1.165, 1.54) is 15.9 Å². The van der Waals surface area contributed by atoms with E-state index in [9.17, 15) is 4.79 Å². The molecule has 5 nitrogen and oxygen atoms in total. The fourth-order valence-electron chi connectivity index (χ4n) is 3.04. The highest BCUT2D eigenvalue weighted by Gasteiger charge is 2.12. The molecule has 6 heteroatoms. The lowest BCUT2D eigenvalue weighted by molar-refractivity contribution is 0.352. The Morgan fingerprint density at radius 2 is 1.86 bits per heavy atom. The molecule has 5 rings (SSSR count). The summed E-state index contributed by atoms with van der Waals surface area (Å²) in [6, 6.07) is 17.8. The number of fused-ring (bicyclic) bond motifs is 2. The summed E-state index contributed by atoms with van der Waals surface area (Å²) in [5.41, 5.74) is 2.86. The number of hydrogen-bond acceptors (Lipinski definition) is 5. The standard InChI is InChI=1S/C22H15N3O2S/c26-21-19(13-16-12-17-8-4-5-9-18(17)27-14-16)28-22-23-20(24-25(21)22)11-10-15-6-2-1-3-7-15/h1-13H,14H2/b11-10+,19-13+. The largest absolute Gasteiger partial charge is 0.488 e. The van der Waals surface area contributed by atoms with Crippen LogP contribution in [-0.2, 0) is 0 Å². The van der Waals surface area contributed by atoms with E-state index in [-0.39, 0.29) is 5.56 Å². The number of hydrogen-bond donors (Lipinski definition) is 0. The Balaban J connectivity index is 1.48. The molecule has 0 aliphatic carbocycles. The van der Waals surface area contributed by atoms with Crippen LogP contribution in [0.1, 0.15) is 17.0 Å². The van der Waals surface area contributed by atoms with Crippen molar-refractivity contribution in [2.24, 2.45) is 0 Å². The van der Waals surface area contributed by atoms with E-state index >= 15 is 0 Å². The van der Waals surface area contributed by atoms with E-state index in [4.69, 9.17) is 4.74 Å². The molecule has 28 heavy (non-hydrogen) atoms. The maximum absolute atomic E-state index is 12.7. The number of benzene rings is 2. The number of thiazole rings is 1. The van der Waals surface area contributed by atoms with Crippen molar-refractivity contribution in [3.8, 4) is 5.75 Å². The molecule has 0 fully saturated rings. The van der Waals surface area contributed by atoms with Crippen LogP contribution >= 0.6 is 11.3 Å². The quantitative estimate of drug-likeness (QED) is 0.543. The highest BCUT2D eigenvalue weighted by molar-refractivity contribution is 7.15. The Labute approximate surface area is 164 Å². The summed E-state index contributed by atoms with van der Waals surface area (Å²) in [5, 5.41) is 4.32. The van der Waals surface area contributed by atoms with Crippen LogP contribution in [0.2, 0.25) is 0 Å². The second-order valence-corrected chi connectivity index (χ2v) is 7.38. The van der Waals surface area contributed by atoms with Gasteiger partial charge in [-0.05, 0) is 35.4 Å². The SMILES string of the molecule is O=c1/c(=C\C2=Cc3ccccc3OC2)sc2nc(/C=C/c3ccccc3)nn12. The molecule has 2 aromatic carbocycles. The molecule has 0 unspecified atom stereocenters. The van der Waals surface area contributed by atoms with Crippen molar-refractivity contribution in [3.63, 3.8) is 0 Å². The molecule has 1 aliphatic heterocycles. The second kappa shape index (κ2) is 6.90. The van der Waals surface area contributed by atoms with E-state index in [0.29, 0.717) is 21.9 Å². The van der Waals surface area contributed by atoms with Crippen LogP contribution in [0.5, 0.6) is 5.75 Å². The molecular formula is C22H15N3O2S. The number of nitrogens with zero attached hydrogens (tertiary/aromatic N) is 3. The van der Waals surface area contributed by atoms with E-state index in [1.54, 1.807) is 0 Å². The fraction of sp³-hybridized carbons (Fsp3) is 0.0455. The van der Waals surface area contributed by atoms with Crippen LogP contribution in [0.3, 0.4) is 0 Å². The minimum absolute atomic E-state index is 0.161. The summed E-state index contributed by atoms with van der Waals surface area (Å²) in [5.74, 6) is 1.38. The van der Waals surface area contributed by atoms with Gasteiger partial charge in [0.05, 0.1) is 4.53 Å². The van der Waals surface area contributed by atoms with Crippen molar-refractivity contribution in [1.82, 2.24) is 14.6 Å². The van der Waals surface area contributed by atoms with E-state index < -0.39 is 0 Å². The van der Waals surface area contributed by atoms with Gasteiger partial charge in [0.25, 0.3) is 5.56 Å². The smallest absolute Gasteiger partial charge is 0.291 e. The van der Waals surface area contributed by atoms with Gasteiger partial charge >= 0.3 is 0 Å². The van der Waals surface area contributed by atoms with Crippen molar-refractivity contribution in [3.05, 3.63) is 92.0 Å². The summed E-state index contributed by atoms with van der Waals surface area (Å²) in [7, 11) is 0. The van der Waals surface area contributed by atoms with Crippen molar-refractivity contribution < 1.29 is 4.74 Å². The van der Waals surface area contributed by atoms with Gasteiger partial charge < -0.3 is 4.74 Å². The Morgan fingerprint density at radius 3 is 2.71 bits per heavy atom. The Hall–Kier alpha value is -3.51. The molecule has 0 saturated carbocycles. The Kier molecular flexibility index (Phi) is 4.10. The van der Waals surface area contributed by atoms with E-state index in [0.717, 1.165) is 22.4 Å². The Bertz CT molecular complexity index is 1330. The summed E-state index contributed by atoms with van der Waals surface area (Å²) < 4.78 is 7.71. The maximum atomic E-state index is 12.7. The van der Waals surface area contributed by atoms with Crippen molar-refractivity contribution in [1.29, 1.82) is 0 Å². The Morgan fingerprint density at radius 1 is 1.04 bits per heavy atom. The van der Waals surface area contributed by atoms with Crippen LogP contribution in [-0.4, -0.2) is 21.2 Å². The van der Waals surface area contributed by atoms with Crippen LogP contribution in [0.15, 0.2) is 65.0 Å². The number of ether oxygens (including phenoxy) is 1. The zero-order valence-corrected chi connectivity index (χ0v) is 15.6. The molecule has 1 aliphatic rings. The van der Waals surface area contributed by atoms with Crippen LogP contribution in [0.4, 0.5) is 0 Å². The molecule has 4 aromatic rings. The van der Waals surface area contributed by atoms with Crippen molar-refractivity contribution in [2.75, 3.05) is 6.61 Å². The van der Waals surface area contributed by atoms with Gasteiger partial charge in [-0.1, -0.05) is 65.9 Å². The molecule has 0 bridgehead atoms. The fourth-order valence-corrected chi connectivity index (χ4v) is 3.97. The average Bonchev–Trinajstić information content (AvgIpc) is 3.26. The first-order valence-corrected chi connectivity index (χ1v) is 9.65. The van der Waals surface area contributed by atoms with Gasteiger partial charge in [-0.2, -0.15) is 9.50 Å². The van der Waals surface area contributed by atoms with E-state index in [2.05, 4.69) is 10.1 Å². The van der Waals surface area contributed by atoms with Crippen molar-refractivity contribution >= 4 is 40.6 Å². The number of para-hydroxylation sites is 1. The first-order chi connectivity index (χ1) is 13.8. The normalized spacial score (nSPS) is 14.3. The highest BCUT2D eigenvalue weighted by atomic mass is 32.1. The summed E-state index contributed by atoms with van der Waals surface area (Å²) in [6.45, 7) is 0.440. The van der Waals surface area contributed by atoms with Gasteiger partial charge in [0, 0.05) is 5.56 Å². The molecule has 136 valence electrons. The molecule has 0 N–H and O–H groups in total. The minimum atomic E-state index is -0.161. The molecule has 2 aromatic heterocycles. The monoisotopic (exact) mass is 385 g/mol. The molecule has 0 atom stereocenters. The van der Waals surface area contributed by atoms with Gasteiger partial charge in [-0.25, -0.2) is 0 Å². The third kappa shape index (κ3) is 3.14. The second-order valence-electron chi connectivity index (χ2n) is 6.37. The predicted octanol–water partition coefficient (Wildman–Crippen LogP) is 3.30. The molecule has 0 saturated heterocycles. The zero-order valence-electron chi connectivity index (χ0n) is 14.8. The summed E-state index contributed by atoms with van der Waals surface area (Å²) in [4.78, 5) is 17.7. The molecule has 0 spiro atoms. The first-order valence-electron chi connectivity index (χ1n) is 8.83. The minimum Gasteiger partial charge on any atom is -0.488 e. The lowest BCUT2D eigenvalue weighted by Crippen LogP contribution is -2.24.